The summed E-state index contributed by atoms with van der Waals surface area (Å²) in [5.74, 6) is -0.110. The Labute approximate surface area is 73.7 Å². The van der Waals surface area contributed by atoms with E-state index in [9.17, 15) is 4.79 Å². The number of Topliss-reactive ketones (excluding diaryl/α,β-unsaturated/α-hetero) is 1. The van der Waals surface area contributed by atoms with Crippen LogP contribution in [0.4, 0.5) is 0 Å². The number of hydrogen-bond donors (Lipinski definition) is 1. The van der Waals surface area contributed by atoms with Gasteiger partial charge in [0.1, 0.15) is 6.10 Å². The molecule has 12 heavy (non-hydrogen) atoms. The minimum Gasteiger partial charge on any atom is -0.390 e. The van der Waals surface area contributed by atoms with Gasteiger partial charge in [0.15, 0.2) is 5.78 Å². The number of ether oxygens (including phenoxy) is 1. The molecule has 3 nitrogen and oxygen atoms in total. The molecule has 0 aliphatic carbocycles. The Morgan fingerprint density at radius 3 is 2.50 bits per heavy atom. The van der Waals surface area contributed by atoms with Crippen molar-refractivity contribution in [1.29, 1.82) is 0 Å². The van der Waals surface area contributed by atoms with E-state index < -0.39 is 12.2 Å². The van der Waals surface area contributed by atoms with Crippen LogP contribution >= 0.6 is 0 Å². The molecule has 0 fully saturated rings. The fraction of sp³-hybridized carbons (Fsp3) is 0.889. The van der Waals surface area contributed by atoms with Gasteiger partial charge in [-0.05, 0) is 20.3 Å². The molecule has 0 amide bonds. The van der Waals surface area contributed by atoms with Crippen molar-refractivity contribution in [1.82, 2.24) is 0 Å². The number of unbranched alkanes of at least 4 members (excludes halogenated alkanes) is 1. The van der Waals surface area contributed by atoms with Gasteiger partial charge >= 0.3 is 0 Å². The number of aliphatic hydroxyl groups is 1. The smallest absolute Gasteiger partial charge is 0.161 e. The second-order valence-electron chi connectivity index (χ2n) is 3.00. The molecule has 0 radical (unpaired) electrons. The highest BCUT2D eigenvalue weighted by molar-refractivity contribution is 5.80. The zero-order chi connectivity index (χ0) is 9.56. The largest absolute Gasteiger partial charge is 0.390 e. The molecule has 2 unspecified atom stereocenters. The van der Waals surface area contributed by atoms with Crippen molar-refractivity contribution in [3.05, 3.63) is 0 Å². The second-order valence-corrected chi connectivity index (χ2v) is 3.00. The van der Waals surface area contributed by atoms with Gasteiger partial charge in [0.2, 0.25) is 0 Å². The fourth-order valence-corrected chi connectivity index (χ4v) is 0.951. The van der Waals surface area contributed by atoms with Gasteiger partial charge in [0, 0.05) is 6.61 Å². The van der Waals surface area contributed by atoms with Crippen LogP contribution in [0.25, 0.3) is 0 Å². The molecule has 3 heteroatoms. The monoisotopic (exact) mass is 174 g/mol. The standard InChI is InChI=1S/C9H18O3/c1-4-5-6-12-9(7(2)10)8(3)11/h7,9-10H,4-6H2,1-3H3. The molecule has 0 saturated heterocycles. The van der Waals surface area contributed by atoms with Crippen LogP contribution in [0.2, 0.25) is 0 Å². The van der Waals surface area contributed by atoms with E-state index in [-0.39, 0.29) is 5.78 Å². The van der Waals surface area contributed by atoms with Crippen LogP contribution < -0.4 is 0 Å². The molecule has 72 valence electrons. The summed E-state index contributed by atoms with van der Waals surface area (Å²) in [5.41, 5.74) is 0. The van der Waals surface area contributed by atoms with E-state index in [4.69, 9.17) is 9.84 Å². The Morgan fingerprint density at radius 1 is 1.58 bits per heavy atom. The zero-order valence-corrected chi connectivity index (χ0v) is 8.04. The summed E-state index contributed by atoms with van der Waals surface area (Å²) in [6, 6.07) is 0. The SMILES string of the molecule is CCCCOC(C(C)=O)C(C)O. The first-order valence-corrected chi connectivity index (χ1v) is 4.39. The van der Waals surface area contributed by atoms with Crippen molar-refractivity contribution >= 4 is 5.78 Å². The lowest BCUT2D eigenvalue weighted by molar-refractivity contribution is -0.135. The highest BCUT2D eigenvalue weighted by atomic mass is 16.5. The molecule has 0 aromatic heterocycles. The summed E-state index contributed by atoms with van der Waals surface area (Å²) in [4.78, 5) is 10.9. The van der Waals surface area contributed by atoms with Gasteiger partial charge in [0.25, 0.3) is 0 Å². The molecule has 2 atom stereocenters. The van der Waals surface area contributed by atoms with Crippen LogP contribution in [0.1, 0.15) is 33.6 Å². The molecule has 0 saturated carbocycles. The number of rotatable bonds is 6. The molecule has 0 heterocycles. The first-order chi connectivity index (χ1) is 5.59. The number of carbonyl (C=O) groups is 1. The molecule has 0 aliphatic rings. The predicted molar refractivity (Wildman–Crippen MR) is 47.0 cm³/mol. The molecule has 0 rings (SSSR count). The van der Waals surface area contributed by atoms with E-state index in [1.807, 2.05) is 0 Å². The van der Waals surface area contributed by atoms with Crippen LogP contribution in [0, 0.1) is 0 Å². The van der Waals surface area contributed by atoms with Gasteiger partial charge in [-0.2, -0.15) is 0 Å². The lowest BCUT2D eigenvalue weighted by atomic mass is 10.1. The molecule has 0 aromatic carbocycles. The average Bonchev–Trinajstić information content (AvgIpc) is 1.96. The van der Waals surface area contributed by atoms with E-state index in [0.717, 1.165) is 12.8 Å². The number of ketones is 1. The van der Waals surface area contributed by atoms with Gasteiger partial charge in [-0.15, -0.1) is 0 Å². The summed E-state index contributed by atoms with van der Waals surface area (Å²) in [6.45, 7) is 5.60. The third kappa shape index (κ3) is 4.46. The average molecular weight is 174 g/mol. The third-order valence-electron chi connectivity index (χ3n) is 1.63. The van der Waals surface area contributed by atoms with E-state index in [2.05, 4.69) is 6.92 Å². The molecule has 0 aliphatic heterocycles. The fourth-order valence-electron chi connectivity index (χ4n) is 0.951. The van der Waals surface area contributed by atoms with Gasteiger partial charge < -0.3 is 9.84 Å². The Balaban J connectivity index is 3.72. The highest BCUT2D eigenvalue weighted by Crippen LogP contribution is 2.02. The van der Waals surface area contributed by atoms with Crippen molar-refractivity contribution in [3.63, 3.8) is 0 Å². The zero-order valence-electron chi connectivity index (χ0n) is 8.04. The minimum absolute atomic E-state index is 0.110. The number of carbonyl (C=O) groups excluding carboxylic acids is 1. The molecule has 0 bridgehead atoms. The quantitative estimate of drug-likeness (QED) is 0.614. The maximum absolute atomic E-state index is 10.9. The first kappa shape index (κ1) is 11.6. The van der Waals surface area contributed by atoms with Crippen molar-refractivity contribution in [3.8, 4) is 0 Å². The maximum Gasteiger partial charge on any atom is 0.161 e. The molecule has 0 aromatic rings. The molecular weight excluding hydrogens is 156 g/mol. The summed E-state index contributed by atoms with van der Waals surface area (Å²) in [5, 5.41) is 9.14. The lowest BCUT2D eigenvalue weighted by Gasteiger charge is -2.17. The maximum atomic E-state index is 10.9. The Morgan fingerprint density at radius 2 is 2.17 bits per heavy atom. The Hall–Kier alpha value is -0.410. The summed E-state index contributed by atoms with van der Waals surface area (Å²) in [6.07, 6.45) is 0.608. The van der Waals surface area contributed by atoms with E-state index >= 15 is 0 Å². The first-order valence-electron chi connectivity index (χ1n) is 4.39. The summed E-state index contributed by atoms with van der Waals surface area (Å²) in [7, 11) is 0. The van der Waals surface area contributed by atoms with Crippen LogP contribution in [-0.4, -0.2) is 29.7 Å². The Kier molecular flexibility index (Phi) is 5.93. The second kappa shape index (κ2) is 6.14. The van der Waals surface area contributed by atoms with Gasteiger partial charge in [-0.1, -0.05) is 13.3 Å². The summed E-state index contributed by atoms with van der Waals surface area (Å²) < 4.78 is 5.21. The number of aliphatic hydroxyl groups excluding tert-OH is 1. The van der Waals surface area contributed by atoms with E-state index in [1.165, 1.54) is 6.92 Å². The molecule has 1 N–H and O–H groups in total. The van der Waals surface area contributed by atoms with Crippen LogP contribution in [-0.2, 0) is 9.53 Å². The van der Waals surface area contributed by atoms with E-state index in [1.54, 1.807) is 6.92 Å². The molecular formula is C9H18O3. The van der Waals surface area contributed by atoms with Gasteiger partial charge in [-0.25, -0.2) is 0 Å². The van der Waals surface area contributed by atoms with Gasteiger partial charge in [-0.3, -0.25) is 4.79 Å². The van der Waals surface area contributed by atoms with Crippen molar-refractivity contribution < 1.29 is 14.6 Å². The lowest BCUT2D eigenvalue weighted by Crippen LogP contribution is -2.33. The van der Waals surface area contributed by atoms with Crippen LogP contribution in [0.5, 0.6) is 0 Å². The van der Waals surface area contributed by atoms with Gasteiger partial charge in [0.05, 0.1) is 6.10 Å². The normalized spacial score (nSPS) is 15.7. The van der Waals surface area contributed by atoms with Crippen molar-refractivity contribution in [2.45, 2.75) is 45.8 Å². The van der Waals surface area contributed by atoms with Crippen LogP contribution in [0.15, 0.2) is 0 Å². The summed E-state index contributed by atoms with van der Waals surface area (Å²) >= 11 is 0. The third-order valence-corrected chi connectivity index (χ3v) is 1.63. The molecule has 0 spiro atoms. The Bertz CT molecular complexity index is 132. The minimum atomic E-state index is -0.709. The number of hydrogen-bond acceptors (Lipinski definition) is 3. The van der Waals surface area contributed by atoms with Crippen LogP contribution in [0.3, 0.4) is 0 Å². The van der Waals surface area contributed by atoms with E-state index in [0.29, 0.717) is 6.61 Å². The topological polar surface area (TPSA) is 46.5 Å². The predicted octanol–water partition coefficient (Wildman–Crippen LogP) is 1.14. The van der Waals surface area contributed by atoms with Crippen molar-refractivity contribution in [2.24, 2.45) is 0 Å². The highest BCUT2D eigenvalue weighted by Gasteiger charge is 2.19. The van der Waals surface area contributed by atoms with Crippen molar-refractivity contribution in [2.75, 3.05) is 6.61 Å².